The second kappa shape index (κ2) is 8.84. The Labute approximate surface area is 117 Å². The molecule has 0 bridgehead atoms. The molecule has 17 heavy (non-hydrogen) atoms. The molecule has 0 aliphatic carbocycles. The normalized spacial score (nSPS) is 10.5. The van der Waals surface area contributed by atoms with Crippen molar-refractivity contribution in [2.24, 2.45) is 0 Å². The molecule has 1 N–H and O–H groups in total. The molecule has 1 aromatic carbocycles. The number of rotatable bonds is 8. The Kier molecular flexibility index (Phi) is 7.73. The van der Waals surface area contributed by atoms with E-state index in [4.69, 9.17) is 4.74 Å². The Bertz CT molecular complexity index is 333. The zero-order valence-corrected chi connectivity index (χ0v) is 12.9. The Hall–Kier alpha value is -0.190. The molecule has 0 aromatic heterocycles. The Balaban J connectivity index is 2.60. The third-order valence-corrected chi connectivity index (χ3v) is 3.78. The van der Waals surface area contributed by atoms with Crippen molar-refractivity contribution < 1.29 is 4.74 Å². The minimum atomic E-state index is 0.764. The van der Waals surface area contributed by atoms with Crippen LogP contribution in [0, 0.1) is 0 Å². The summed E-state index contributed by atoms with van der Waals surface area (Å²) in [5, 5.41) is 3.33. The SMILES string of the molecule is CCNCc1cccc(Br)c1OCCSCC. The second-order valence-electron chi connectivity index (χ2n) is 3.55. The minimum absolute atomic E-state index is 0.764. The van der Waals surface area contributed by atoms with E-state index in [9.17, 15) is 0 Å². The lowest BCUT2D eigenvalue weighted by Gasteiger charge is -2.13. The molecule has 2 nitrogen and oxygen atoms in total. The summed E-state index contributed by atoms with van der Waals surface area (Å²) in [7, 11) is 0. The first-order valence-corrected chi connectivity index (χ1v) is 7.93. The van der Waals surface area contributed by atoms with E-state index in [-0.39, 0.29) is 0 Å². The van der Waals surface area contributed by atoms with Crippen LogP contribution in [0.2, 0.25) is 0 Å². The van der Waals surface area contributed by atoms with Gasteiger partial charge in [0.15, 0.2) is 0 Å². The van der Waals surface area contributed by atoms with Crippen LogP contribution in [-0.2, 0) is 6.54 Å². The monoisotopic (exact) mass is 317 g/mol. The summed E-state index contributed by atoms with van der Waals surface area (Å²) in [6.45, 7) is 6.86. The Morgan fingerprint density at radius 2 is 2.18 bits per heavy atom. The summed E-state index contributed by atoms with van der Waals surface area (Å²) in [6.07, 6.45) is 0. The molecule has 0 spiro atoms. The average Bonchev–Trinajstić information content (AvgIpc) is 2.34. The summed E-state index contributed by atoms with van der Waals surface area (Å²) >= 11 is 5.45. The molecule has 0 amide bonds. The van der Waals surface area contributed by atoms with Crippen LogP contribution < -0.4 is 10.1 Å². The first-order chi connectivity index (χ1) is 8.29. The van der Waals surface area contributed by atoms with Gasteiger partial charge in [-0.1, -0.05) is 26.0 Å². The van der Waals surface area contributed by atoms with Crippen LogP contribution in [0.4, 0.5) is 0 Å². The highest BCUT2D eigenvalue weighted by atomic mass is 79.9. The third kappa shape index (κ3) is 5.32. The van der Waals surface area contributed by atoms with E-state index in [1.165, 1.54) is 5.56 Å². The molecule has 0 saturated carbocycles. The van der Waals surface area contributed by atoms with Crippen LogP contribution in [0.25, 0.3) is 0 Å². The van der Waals surface area contributed by atoms with Gasteiger partial charge >= 0.3 is 0 Å². The maximum Gasteiger partial charge on any atom is 0.137 e. The molecule has 96 valence electrons. The van der Waals surface area contributed by atoms with Crippen molar-refractivity contribution in [2.75, 3.05) is 24.7 Å². The third-order valence-electron chi connectivity index (χ3n) is 2.29. The van der Waals surface area contributed by atoms with Crippen molar-refractivity contribution in [3.63, 3.8) is 0 Å². The molecule has 0 saturated heterocycles. The number of halogens is 1. The topological polar surface area (TPSA) is 21.3 Å². The summed E-state index contributed by atoms with van der Waals surface area (Å²) in [5.74, 6) is 3.16. The number of nitrogens with one attached hydrogen (secondary N) is 1. The highest BCUT2D eigenvalue weighted by Crippen LogP contribution is 2.29. The van der Waals surface area contributed by atoms with E-state index < -0.39 is 0 Å². The van der Waals surface area contributed by atoms with Gasteiger partial charge in [-0.25, -0.2) is 0 Å². The number of hydrogen-bond acceptors (Lipinski definition) is 3. The molecule has 4 heteroatoms. The lowest BCUT2D eigenvalue weighted by molar-refractivity contribution is 0.337. The molecule has 0 unspecified atom stereocenters. The van der Waals surface area contributed by atoms with E-state index in [1.807, 2.05) is 23.9 Å². The lowest BCUT2D eigenvalue weighted by Crippen LogP contribution is -2.13. The molecular formula is C13H20BrNOS. The first kappa shape index (κ1) is 14.9. The lowest BCUT2D eigenvalue weighted by atomic mass is 10.2. The predicted molar refractivity (Wildman–Crippen MR) is 80.0 cm³/mol. The maximum atomic E-state index is 5.86. The van der Waals surface area contributed by atoms with Crippen molar-refractivity contribution in [1.82, 2.24) is 5.32 Å². The molecule has 1 rings (SSSR count). The summed E-state index contributed by atoms with van der Waals surface area (Å²) in [5.41, 5.74) is 1.21. The van der Waals surface area contributed by atoms with E-state index in [0.717, 1.165) is 41.4 Å². The fraction of sp³-hybridized carbons (Fsp3) is 0.538. The van der Waals surface area contributed by atoms with Gasteiger partial charge in [0.25, 0.3) is 0 Å². The van der Waals surface area contributed by atoms with Gasteiger partial charge in [-0.2, -0.15) is 11.8 Å². The fourth-order valence-electron chi connectivity index (χ4n) is 1.46. The van der Waals surface area contributed by atoms with Crippen LogP contribution in [0.5, 0.6) is 5.75 Å². The number of hydrogen-bond donors (Lipinski definition) is 1. The van der Waals surface area contributed by atoms with Gasteiger partial charge in [0.1, 0.15) is 5.75 Å². The molecule has 0 atom stereocenters. The van der Waals surface area contributed by atoms with Crippen molar-refractivity contribution in [2.45, 2.75) is 20.4 Å². The zero-order chi connectivity index (χ0) is 12.5. The maximum absolute atomic E-state index is 5.86. The van der Waals surface area contributed by atoms with E-state index in [0.29, 0.717) is 0 Å². The van der Waals surface area contributed by atoms with Crippen molar-refractivity contribution >= 4 is 27.7 Å². The highest BCUT2D eigenvalue weighted by molar-refractivity contribution is 9.10. The molecule has 0 aliphatic heterocycles. The minimum Gasteiger partial charge on any atom is -0.491 e. The highest BCUT2D eigenvalue weighted by Gasteiger charge is 2.07. The zero-order valence-electron chi connectivity index (χ0n) is 10.5. The Morgan fingerprint density at radius 3 is 2.88 bits per heavy atom. The van der Waals surface area contributed by atoms with Gasteiger partial charge < -0.3 is 10.1 Å². The quantitative estimate of drug-likeness (QED) is 0.739. The van der Waals surface area contributed by atoms with E-state index in [2.05, 4.69) is 41.2 Å². The van der Waals surface area contributed by atoms with E-state index in [1.54, 1.807) is 0 Å². The number of thioether (sulfide) groups is 1. The van der Waals surface area contributed by atoms with Gasteiger partial charge in [0.2, 0.25) is 0 Å². The van der Waals surface area contributed by atoms with E-state index >= 15 is 0 Å². The van der Waals surface area contributed by atoms with Crippen molar-refractivity contribution in [3.8, 4) is 5.75 Å². The molecule has 0 aliphatic rings. The van der Waals surface area contributed by atoms with Gasteiger partial charge in [-0.3, -0.25) is 0 Å². The second-order valence-corrected chi connectivity index (χ2v) is 5.80. The molecule has 0 heterocycles. The van der Waals surface area contributed by atoms with Crippen LogP contribution in [0.1, 0.15) is 19.4 Å². The van der Waals surface area contributed by atoms with Gasteiger partial charge in [0, 0.05) is 17.9 Å². The van der Waals surface area contributed by atoms with Crippen molar-refractivity contribution in [1.29, 1.82) is 0 Å². The van der Waals surface area contributed by atoms with Gasteiger partial charge in [-0.05, 0) is 34.3 Å². The van der Waals surface area contributed by atoms with Gasteiger partial charge in [-0.15, -0.1) is 0 Å². The number of para-hydroxylation sites is 1. The summed E-state index contributed by atoms with van der Waals surface area (Å²) in [4.78, 5) is 0. The van der Waals surface area contributed by atoms with Gasteiger partial charge in [0.05, 0.1) is 11.1 Å². The smallest absolute Gasteiger partial charge is 0.137 e. The predicted octanol–water partition coefficient (Wildman–Crippen LogP) is 3.69. The van der Waals surface area contributed by atoms with Crippen LogP contribution in [-0.4, -0.2) is 24.7 Å². The molecule has 1 aromatic rings. The largest absolute Gasteiger partial charge is 0.491 e. The first-order valence-electron chi connectivity index (χ1n) is 5.98. The summed E-state index contributed by atoms with van der Waals surface area (Å²) < 4.78 is 6.90. The van der Waals surface area contributed by atoms with Crippen molar-refractivity contribution in [3.05, 3.63) is 28.2 Å². The summed E-state index contributed by atoms with van der Waals surface area (Å²) in [6, 6.07) is 6.18. The van der Waals surface area contributed by atoms with Crippen LogP contribution in [0.3, 0.4) is 0 Å². The van der Waals surface area contributed by atoms with Crippen LogP contribution in [0.15, 0.2) is 22.7 Å². The standard InChI is InChI=1S/C13H20BrNOS/c1-3-15-10-11-6-5-7-12(14)13(11)16-8-9-17-4-2/h5-7,15H,3-4,8-10H2,1-2H3. The fourth-order valence-corrected chi connectivity index (χ4v) is 2.47. The number of ether oxygens (including phenoxy) is 1. The average molecular weight is 318 g/mol. The number of benzene rings is 1. The molecular weight excluding hydrogens is 298 g/mol. The molecule has 0 radical (unpaired) electrons. The van der Waals surface area contributed by atoms with Crippen LogP contribution >= 0.6 is 27.7 Å². The molecule has 0 fully saturated rings. The Morgan fingerprint density at radius 1 is 1.35 bits per heavy atom.